The van der Waals surface area contributed by atoms with Gasteiger partial charge in [-0.25, -0.2) is 13.1 Å². The third-order valence-electron chi connectivity index (χ3n) is 4.47. The average Bonchev–Trinajstić information content (AvgIpc) is 3.05. The van der Waals surface area contributed by atoms with Crippen molar-refractivity contribution in [1.82, 2.24) is 9.71 Å². The zero-order valence-corrected chi connectivity index (χ0v) is 12.2. The zero-order chi connectivity index (χ0) is 14.3. The Kier molecular flexibility index (Phi) is 3.28. The van der Waals surface area contributed by atoms with Crippen molar-refractivity contribution >= 4 is 15.9 Å². The molecule has 2 fully saturated rings. The van der Waals surface area contributed by atoms with Crippen molar-refractivity contribution < 1.29 is 13.2 Å². The Morgan fingerprint density at radius 3 is 2.85 bits per heavy atom. The predicted octanol–water partition coefficient (Wildman–Crippen LogP) is 1.63. The fourth-order valence-corrected chi connectivity index (χ4v) is 4.48. The molecule has 6 heteroatoms. The number of carbonyl (C=O) groups excluding carboxylic acids is 1. The number of rotatable bonds is 4. The molecule has 0 bridgehead atoms. The van der Waals surface area contributed by atoms with Gasteiger partial charge in [-0.3, -0.25) is 9.78 Å². The minimum absolute atomic E-state index is 0.0732. The summed E-state index contributed by atoms with van der Waals surface area (Å²) in [7, 11) is -3.80. The van der Waals surface area contributed by atoms with Crippen molar-refractivity contribution in [1.29, 1.82) is 0 Å². The molecule has 0 radical (unpaired) electrons. The van der Waals surface area contributed by atoms with Crippen LogP contribution in [-0.2, 0) is 14.8 Å². The number of nitrogens with zero attached hydrogens (tertiary/aromatic N) is 1. The van der Waals surface area contributed by atoms with Crippen molar-refractivity contribution in [2.24, 2.45) is 17.8 Å². The van der Waals surface area contributed by atoms with Gasteiger partial charge >= 0.3 is 0 Å². The Bertz CT molecular complexity index is 642. The van der Waals surface area contributed by atoms with Gasteiger partial charge in [-0.15, -0.1) is 0 Å². The highest BCUT2D eigenvalue weighted by Crippen LogP contribution is 2.56. The van der Waals surface area contributed by atoms with E-state index in [2.05, 4.69) is 9.71 Å². The number of pyridine rings is 1. The molecule has 0 saturated heterocycles. The molecule has 2 saturated carbocycles. The zero-order valence-electron chi connectivity index (χ0n) is 11.4. The lowest BCUT2D eigenvalue weighted by molar-refractivity contribution is -0.120. The number of hydrogen-bond acceptors (Lipinski definition) is 4. The van der Waals surface area contributed by atoms with Crippen LogP contribution in [0, 0.1) is 24.7 Å². The minimum Gasteiger partial charge on any atom is -0.274 e. The number of aryl methyl sites for hydroxylation is 1. The smallest absolute Gasteiger partial charge is 0.265 e. The van der Waals surface area contributed by atoms with Crippen LogP contribution >= 0.6 is 0 Å². The van der Waals surface area contributed by atoms with Gasteiger partial charge in [-0.1, -0.05) is 0 Å². The van der Waals surface area contributed by atoms with Crippen LogP contribution in [0.4, 0.5) is 0 Å². The van der Waals surface area contributed by atoms with E-state index in [9.17, 15) is 13.2 Å². The maximum atomic E-state index is 12.2. The Morgan fingerprint density at radius 2 is 2.25 bits per heavy atom. The third kappa shape index (κ3) is 2.57. The molecule has 108 valence electrons. The fraction of sp³-hybridized carbons (Fsp3) is 0.571. The van der Waals surface area contributed by atoms with Gasteiger partial charge in [-0.2, -0.15) is 0 Å². The Labute approximate surface area is 118 Å². The van der Waals surface area contributed by atoms with E-state index >= 15 is 0 Å². The van der Waals surface area contributed by atoms with Crippen molar-refractivity contribution in [3.63, 3.8) is 0 Å². The number of fused-ring (bicyclic) bond motifs is 1. The van der Waals surface area contributed by atoms with E-state index in [1.54, 1.807) is 13.0 Å². The lowest BCUT2D eigenvalue weighted by Gasteiger charge is -2.12. The molecular formula is C14H18N2O3S. The number of carbonyl (C=O) groups is 1. The second-order valence-electron chi connectivity index (χ2n) is 5.87. The number of sulfonamides is 1. The van der Waals surface area contributed by atoms with Crippen LogP contribution in [-0.4, -0.2) is 19.3 Å². The minimum atomic E-state index is -3.80. The number of amides is 1. The van der Waals surface area contributed by atoms with Gasteiger partial charge in [0.15, 0.2) is 0 Å². The van der Waals surface area contributed by atoms with Crippen LogP contribution in [0.5, 0.6) is 0 Å². The van der Waals surface area contributed by atoms with Crippen molar-refractivity contribution in [2.45, 2.75) is 37.5 Å². The van der Waals surface area contributed by atoms with Crippen LogP contribution in [0.3, 0.4) is 0 Å². The lowest BCUT2D eigenvalue weighted by Crippen LogP contribution is -2.32. The molecule has 0 aromatic carbocycles. The Hall–Kier alpha value is -1.43. The first-order valence-electron chi connectivity index (χ1n) is 6.93. The van der Waals surface area contributed by atoms with E-state index in [0.29, 0.717) is 23.8 Å². The highest BCUT2D eigenvalue weighted by molar-refractivity contribution is 7.90. The van der Waals surface area contributed by atoms with Crippen LogP contribution in [0.2, 0.25) is 0 Å². The molecule has 3 rings (SSSR count). The standard InChI is InChI=1S/C14H18N2O3S/c1-9-4-5-15-8-13(9)20(18,19)16-14(17)7-11-3-2-10-6-12(10)11/h4-5,8,10-12H,2-3,6-7H2,1H3,(H,16,17). The number of hydrogen-bond donors (Lipinski definition) is 1. The summed E-state index contributed by atoms with van der Waals surface area (Å²) in [4.78, 5) is 15.8. The third-order valence-corrected chi connectivity index (χ3v) is 5.97. The highest BCUT2D eigenvalue weighted by atomic mass is 32.2. The van der Waals surface area contributed by atoms with E-state index in [-0.39, 0.29) is 4.90 Å². The SMILES string of the molecule is Cc1ccncc1S(=O)(=O)NC(=O)CC1CCC2CC12. The Balaban J connectivity index is 1.67. The molecule has 3 atom stereocenters. The normalized spacial score (nSPS) is 27.9. The quantitative estimate of drug-likeness (QED) is 0.915. The molecule has 0 spiro atoms. The maximum absolute atomic E-state index is 12.2. The highest BCUT2D eigenvalue weighted by Gasteiger charge is 2.48. The van der Waals surface area contributed by atoms with Gasteiger partial charge in [0.1, 0.15) is 4.90 Å². The van der Waals surface area contributed by atoms with E-state index < -0.39 is 15.9 Å². The fourth-order valence-electron chi connectivity index (χ4n) is 3.29. The summed E-state index contributed by atoms with van der Waals surface area (Å²) in [6.07, 6.45) is 6.58. The molecule has 2 aliphatic rings. The van der Waals surface area contributed by atoms with E-state index in [1.807, 2.05) is 0 Å². The monoisotopic (exact) mass is 294 g/mol. The van der Waals surface area contributed by atoms with Gasteiger partial charge in [0.05, 0.1) is 0 Å². The van der Waals surface area contributed by atoms with Gasteiger partial charge in [0.2, 0.25) is 5.91 Å². The first-order chi connectivity index (χ1) is 9.47. The largest absolute Gasteiger partial charge is 0.274 e. The molecule has 1 heterocycles. The van der Waals surface area contributed by atoms with Gasteiger partial charge in [0, 0.05) is 18.8 Å². The summed E-state index contributed by atoms with van der Waals surface area (Å²) in [5.74, 6) is 1.42. The second-order valence-corrected chi connectivity index (χ2v) is 7.52. The summed E-state index contributed by atoms with van der Waals surface area (Å²) in [5.41, 5.74) is 0.587. The summed E-state index contributed by atoms with van der Waals surface area (Å²) in [5, 5.41) is 0. The second kappa shape index (κ2) is 4.84. The molecular weight excluding hydrogens is 276 g/mol. The van der Waals surface area contributed by atoms with Crippen molar-refractivity contribution in [3.8, 4) is 0 Å². The van der Waals surface area contributed by atoms with Crippen LogP contribution in [0.15, 0.2) is 23.4 Å². The van der Waals surface area contributed by atoms with Crippen molar-refractivity contribution in [2.75, 3.05) is 0 Å². The molecule has 3 unspecified atom stereocenters. The first-order valence-corrected chi connectivity index (χ1v) is 8.42. The summed E-state index contributed by atoms with van der Waals surface area (Å²) in [6.45, 7) is 1.69. The van der Waals surface area contributed by atoms with Crippen LogP contribution in [0.25, 0.3) is 0 Å². The molecule has 0 aliphatic heterocycles. The van der Waals surface area contributed by atoms with E-state index in [4.69, 9.17) is 0 Å². The molecule has 2 aliphatic carbocycles. The van der Waals surface area contributed by atoms with Crippen LogP contribution < -0.4 is 4.72 Å². The average molecular weight is 294 g/mol. The lowest BCUT2D eigenvalue weighted by atomic mass is 9.99. The summed E-state index contributed by atoms with van der Waals surface area (Å²) >= 11 is 0. The summed E-state index contributed by atoms with van der Waals surface area (Å²) in [6, 6.07) is 1.62. The predicted molar refractivity (Wildman–Crippen MR) is 73.2 cm³/mol. The van der Waals surface area contributed by atoms with Crippen molar-refractivity contribution in [3.05, 3.63) is 24.0 Å². The Morgan fingerprint density at radius 1 is 1.45 bits per heavy atom. The molecule has 1 amide bonds. The molecule has 5 nitrogen and oxygen atoms in total. The van der Waals surface area contributed by atoms with Crippen LogP contribution in [0.1, 0.15) is 31.2 Å². The molecule has 20 heavy (non-hydrogen) atoms. The number of aromatic nitrogens is 1. The molecule has 1 aromatic rings. The van der Waals surface area contributed by atoms with Gasteiger partial charge < -0.3 is 0 Å². The topological polar surface area (TPSA) is 76.1 Å². The van der Waals surface area contributed by atoms with E-state index in [0.717, 1.165) is 12.3 Å². The number of nitrogens with one attached hydrogen (secondary N) is 1. The maximum Gasteiger partial charge on any atom is 0.265 e. The molecule has 1 N–H and O–H groups in total. The summed E-state index contributed by atoms with van der Waals surface area (Å²) < 4.78 is 26.5. The molecule has 1 aromatic heterocycles. The van der Waals surface area contributed by atoms with E-state index in [1.165, 1.54) is 25.2 Å². The van der Waals surface area contributed by atoms with Gasteiger partial charge in [0.25, 0.3) is 10.0 Å². The first kappa shape index (κ1) is 13.5. The van der Waals surface area contributed by atoms with Gasteiger partial charge in [-0.05, 0) is 55.6 Å².